The summed E-state index contributed by atoms with van der Waals surface area (Å²) in [6, 6.07) is 11.6. The molecule has 10 heteroatoms. The first-order valence-electron chi connectivity index (χ1n) is 4.46. The molecule has 0 atom stereocenters. The summed E-state index contributed by atoms with van der Waals surface area (Å²) < 4.78 is 34.1. The van der Waals surface area contributed by atoms with Crippen LogP contribution in [0.4, 0.5) is 0 Å². The number of aromatic nitrogens is 2. The molecule has 109 valence electrons. The van der Waals surface area contributed by atoms with Gasteiger partial charge in [0.25, 0.3) is 0 Å². The van der Waals surface area contributed by atoms with E-state index < -0.39 is 10.4 Å². The van der Waals surface area contributed by atoms with Gasteiger partial charge in [0.2, 0.25) is 0 Å². The van der Waals surface area contributed by atoms with Crippen LogP contribution in [-0.2, 0) is 34.4 Å². The van der Waals surface area contributed by atoms with Gasteiger partial charge < -0.3 is 20.1 Å². The van der Waals surface area contributed by atoms with Crippen LogP contribution >= 0.6 is 0 Å². The molecule has 0 aromatic carbocycles. The van der Waals surface area contributed by atoms with Gasteiger partial charge in [0.15, 0.2) is 0 Å². The molecular formula is C10H10N2O6SV-2. The zero-order valence-electron chi connectivity index (χ0n) is 9.91. The molecule has 2 aromatic heterocycles. The summed E-state index contributed by atoms with van der Waals surface area (Å²) in [5.41, 5.74) is 1.83. The third-order valence-electron chi connectivity index (χ3n) is 1.59. The van der Waals surface area contributed by atoms with Crippen LogP contribution in [0.3, 0.4) is 0 Å². The Morgan fingerprint density at radius 1 is 0.850 bits per heavy atom. The summed E-state index contributed by atoms with van der Waals surface area (Å²) in [6.07, 6.45) is 3.54. The monoisotopic (exact) mass is 337 g/mol. The van der Waals surface area contributed by atoms with E-state index in [1.54, 1.807) is 12.4 Å². The molecule has 0 amide bonds. The fourth-order valence-electron chi connectivity index (χ4n) is 1.03. The van der Waals surface area contributed by atoms with Crippen LogP contribution in [0.5, 0.6) is 0 Å². The average Bonchev–Trinajstić information content (AvgIpc) is 2.29. The van der Waals surface area contributed by atoms with Crippen LogP contribution in [0.15, 0.2) is 48.8 Å². The second-order valence-electron chi connectivity index (χ2n) is 2.84. The summed E-state index contributed by atoms with van der Waals surface area (Å²) in [5.74, 6) is 0. The summed E-state index contributed by atoms with van der Waals surface area (Å²) >= 11 is 0. The van der Waals surface area contributed by atoms with Gasteiger partial charge in [-0.15, -0.1) is 0 Å². The Balaban J connectivity index is -0.000000322. The van der Waals surface area contributed by atoms with Crippen molar-refractivity contribution in [2.45, 2.75) is 0 Å². The van der Waals surface area contributed by atoms with Gasteiger partial charge in [0, 0.05) is 22.8 Å². The van der Waals surface area contributed by atoms with Gasteiger partial charge in [0.1, 0.15) is 0 Å². The van der Waals surface area contributed by atoms with Crippen molar-refractivity contribution in [3.63, 3.8) is 0 Å². The van der Waals surface area contributed by atoms with Crippen molar-refractivity contribution >= 4 is 10.4 Å². The van der Waals surface area contributed by atoms with Gasteiger partial charge in [-0.1, -0.05) is 12.1 Å². The van der Waals surface area contributed by atoms with Gasteiger partial charge in [-0.05, 0) is 24.3 Å². The van der Waals surface area contributed by atoms with Crippen molar-refractivity contribution in [3.05, 3.63) is 48.8 Å². The molecule has 1 radical (unpaired) electrons. The first-order valence-corrected chi connectivity index (χ1v) is 5.79. The summed E-state index contributed by atoms with van der Waals surface area (Å²) in [5, 5.41) is 0. The van der Waals surface area contributed by atoms with Gasteiger partial charge in [0.05, 0.1) is 11.4 Å². The zero-order chi connectivity index (χ0) is 12.7. The zero-order valence-corrected chi connectivity index (χ0v) is 12.1. The molecule has 0 aliphatic rings. The SMILES string of the molecule is O.O=S(=O)([O-])[O-].[O-2].[V+2].c1ccc(-c2ccccn2)nc1. The van der Waals surface area contributed by atoms with E-state index >= 15 is 0 Å². The van der Waals surface area contributed by atoms with Gasteiger partial charge in [-0.25, -0.2) is 0 Å². The smallest absolute Gasteiger partial charge is 2.00 e. The van der Waals surface area contributed by atoms with E-state index in [0.29, 0.717) is 0 Å². The van der Waals surface area contributed by atoms with Gasteiger partial charge in [-0.3, -0.25) is 18.4 Å². The number of hydrogen-bond donors (Lipinski definition) is 0. The van der Waals surface area contributed by atoms with E-state index in [9.17, 15) is 0 Å². The summed E-state index contributed by atoms with van der Waals surface area (Å²) in [4.78, 5) is 8.37. The van der Waals surface area contributed by atoms with E-state index in [1.807, 2.05) is 36.4 Å². The Morgan fingerprint density at radius 3 is 1.35 bits per heavy atom. The Kier molecular flexibility index (Phi) is 13.6. The number of rotatable bonds is 1. The van der Waals surface area contributed by atoms with Crippen LogP contribution in [0.1, 0.15) is 0 Å². The predicted molar refractivity (Wildman–Crippen MR) is 62.2 cm³/mol. The minimum Gasteiger partial charge on any atom is -2.00 e. The number of hydrogen-bond acceptors (Lipinski definition) is 6. The molecular weight excluding hydrogens is 327 g/mol. The maximum atomic E-state index is 8.52. The van der Waals surface area contributed by atoms with Crippen LogP contribution in [0.25, 0.3) is 11.4 Å². The Bertz CT molecular complexity index is 507. The standard InChI is InChI=1S/C10H8N2.H2O4S.H2O.O.V/c1-3-7-11-9(5-1)10-6-2-4-8-12-10;1-5(2,3)4;;;/h1-8H;(H2,1,2,3,4);1H2;;/q;;;-2;+2/p-2. The Labute approximate surface area is 128 Å². The fraction of sp³-hybridized carbons (Fsp3) is 0. The molecule has 0 bridgehead atoms. The maximum Gasteiger partial charge on any atom is 2.00 e. The Morgan fingerprint density at radius 2 is 1.15 bits per heavy atom. The van der Waals surface area contributed by atoms with Crippen LogP contribution in [0, 0.1) is 0 Å². The quantitative estimate of drug-likeness (QED) is 0.518. The first kappa shape index (κ1) is 23.7. The van der Waals surface area contributed by atoms with Crippen molar-refractivity contribution in [1.82, 2.24) is 9.97 Å². The molecule has 0 aliphatic carbocycles. The van der Waals surface area contributed by atoms with Crippen molar-refractivity contribution in [1.29, 1.82) is 0 Å². The molecule has 2 rings (SSSR count). The van der Waals surface area contributed by atoms with E-state index in [-0.39, 0.29) is 29.5 Å². The second kappa shape index (κ2) is 11.5. The predicted octanol–water partition coefficient (Wildman–Crippen LogP) is -0.140. The molecule has 20 heavy (non-hydrogen) atoms. The molecule has 0 saturated carbocycles. The average molecular weight is 337 g/mol. The van der Waals surface area contributed by atoms with Crippen molar-refractivity contribution < 1.29 is 47.0 Å². The normalized spacial score (nSPS) is 8.70. The summed E-state index contributed by atoms with van der Waals surface area (Å²) in [7, 11) is -5.17. The largest absolute Gasteiger partial charge is 2.00 e. The number of pyridine rings is 2. The second-order valence-corrected chi connectivity index (χ2v) is 3.65. The van der Waals surface area contributed by atoms with Gasteiger partial charge in [-0.2, -0.15) is 0 Å². The molecule has 0 unspecified atom stereocenters. The minimum absolute atomic E-state index is 0. The fourth-order valence-corrected chi connectivity index (χ4v) is 1.03. The molecule has 0 aliphatic heterocycles. The topological polar surface area (TPSA) is 166 Å². The third-order valence-corrected chi connectivity index (χ3v) is 1.59. The van der Waals surface area contributed by atoms with Crippen LogP contribution < -0.4 is 0 Å². The van der Waals surface area contributed by atoms with Crippen molar-refractivity contribution in [2.24, 2.45) is 0 Å². The van der Waals surface area contributed by atoms with E-state index in [4.69, 9.17) is 17.5 Å². The molecule has 0 fully saturated rings. The van der Waals surface area contributed by atoms with Gasteiger partial charge >= 0.3 is 18.6 Å². The van der Waals surface area contributed by atoms with E-state index in [0.717, 1.165) is 11.4 Å². The minimum atomic E-state index is -5.17. The molecule has 0 saturated heterocycles. The van der Waals surface area contributed by atoms with Crippen LogP contribution in [0.2, 0.25) is 0 Å². The first-order chi connectivity index (χ1) is 7.97. The summed E-state index contributed by atoms with van der Waals surface area (Å²) in [6.45, 7) is 0. The number of nitrogens with zero attached hydrogens (tertiary/aromatic N) is 2. The van der Waals surface area contributed by atoms with Crippen molar-refractivity contribution in [3.8, 4) is 11.4 Å². The van der Waals surface area contributed by atoms with Crippen molar-refractivity contribution in [2.75, 3.05) is 0 Å². The van der Waals surface area contributed by atoms with E-state index in [2.05, 4.69) is 9.97 Å². The molecule has 8 nitrogen and oxygen atoms in total. The Hall–Kier alpha value is -1.33. The van der Waals surface area contributed by atoms with E-state index in [1.165, 1.54) is 0 Å². The molecule has 2 aromatic rings. The third kappa shape index (κ3) is 11.7. The molecule has 2 heterocycles. The maximum absolute atomic E-state index is 8.52. The molecule has 2 N–H and O–H groups in total. The molecule has 0 spiro atoms. The van der Waals surface area contributed by atoms with Crippen LogP contribution in [-0.4, -0.2) is 33.0 Å².